The second kappa shape index (κ2) is 5.22. The molecule has 0 bridgehead atoms. The molecule has 0 heterocycles. The Kier molecular flexibility index (Phi) is 5.00. The van der Waals surface area contributed by atoms with E-state index in [1.54, 1.807) is 0 Å². The van der Waals surface area contributed by atoms with Crippen LogP contribution in [0.1, 0.15) is 0 Å². The van der Waals surface area contributed by atoms with Crippen LogP contribution >= 0.6 is 0 Å². The van der Waals surface area contributed by atoms with Gasteiger partial charge in [0.15, 0.2) is 0 Å². The van der Waals surface area contributed by atoms with Crippen molar-refractivity contribution in [2.45, 2.75) is 0 Å². The van der Waals surface area contributed by atoms with Gasteiger partial charge in [-0.3, -0.25) is 0 Å². The van der Waals surface area contributed by atoms with Gasteiger partial charge in [0.25, 0.3) is 0 Å². The lowest BCUT2D eigenvalue weighted by molar-refractivity contribution is 0.0410. The predicted molar refractivity (Wildman–Crippen MR) is 42.5 cm³/mol. The Hall–Kier alpha value is -0.463. The number of hydrogen-bond acceptors (Lipinski definition) is 4. The number of rotatable bonds is 6. The van der Waals surface area contributed by atoms with Crippen LogP contribution < -0.4 is 0 Å². The Morgan fingerprint density at radius 1 is 1.09 bits per heavy atom. The molecule has 4 nitrogen and oxygen atoms in total. The molecule has 11 heavy (non-hydrogen) atoms. The van der Waals surface area contributed by atoms with Crippen molar-refractivity contribution in [2.75, 3.05) is 13.2 Å². The number of hydrogen-bond donors (Lipinski definition) is 2. The molecule has 64 valence electrons. The zero-order valence-corrected chi connectivity index (χ0v) is 7.19. The minimum atomic E-state index is -3.89. The Balaban J connectivity index is 3.59. The van der Waals surface area contributed by atoms with Crippen LogP contribution in [0.2, 0.25) is 0 Å². The highest BCUT2D eigenvalue weighted by Crippen LogP contribution is 1.97. The van der Waals surface area contributed by atoms with Crippen LogP contribution in [0.4, 0.5) is 0 Å². The summed E-state index contributed by atoms with van der Waals surface area (Å²) in [6.45, 7) is 6.82. The molecule has 0 aromatic heterocycles. The van der Waals surface area contributed by atoms with Crippen molar-refractivity contribution in [3.8, 4) is 0 Å². The molecular weight excluding hydrogens is 164 g/mol. The minimum Gasteiger partial charge on any atom is -0.367 e. The molecule has 0 atom stereocenters. The van der Waals surface area contributed by atoms with Crippen molar-refractivity contribution in [1.29, 1.82) is 0 Å². The molecule has 0 unspecified atom stereocenters. The molecule has 0 fully saturated rings. The molecule has 5 heteroatoms. The lowest BCUT2D eigenvalue weighted by Gasteiger charge is -2.14. The summed E-state index contributed by atoms with van der Waals surface area (Å²) >= 11 is 0. The van der Waals surface area contributed by atoms with Crippen LogP contribution in [-0.2, 0) is 8.85 Å². The Morgan fingerprint density at radius 2 is 1.45 bits per heavy atom. The van der Waals surface area contributed by atoms with E-state index in [9.17, 15) is 0 Å². The molecule has 0 radical (unpaired) electrons. The van der Waals surface area contributed by atoms with Crippen molar-refractivity contribution in [2.24, 2.45) is 0 Å². The third-order valence-corrected chi connectivity index (χ3v) is 1.86. The standard InChI is InChI=1S/C6H12O4Si/c1-3-5-9-11(7,8)10-6-4-2/h3-4,7-8H,1-2,5-6H2. The van der Waals surface area contributed by atoms with Gasteiger partial charge in [0, 0.05) is 0 Å². The maximum Gasteiger partial charge on any atom is 0.674 e. The van der Waals surface area contributed by atoms with E-state index in [1.807, 2.05) is 0 Å². The summed E-state index contributed by atoms with van der Waals surface area (Å²) in [5, 5.41) is 0. The van der Waals surface area contributed by atoms with Crippen molar-refractivity contribution < 1.29 is 18.4 Å². The molecule has 0 aliphatic carbocycles. The summed E-state index contributed by atoms with van der Waals surface area (Å²) < 4.78 is 9.09. The van der Waals surface area contributed by atoms with E-state index in [-0.39, 0.29) is 13.2 Å². The summed E-state index contributed by atoms with van der Waals surface area (Å²) in [6.07, 6.45) is 2.82. The van der Waals surface area contributed by atoms with Gasteiger partial charge in [-0.25, -0.2) is 0 Å². The second-order valence-corrected chi connectivity index (χ2v) is 3.42. The zero-order chi connectivity index (χ0) is 8.74. The highest BCUT2D eigenvalue weighted by molar-refractivity contribution is 6.50. The molecule has 0 saturated heterocycles. The van der Waals surface area contributed by atoms with Gasteiger partial charge < -0.3 is 18.4 Å². The van der Waals surface area contributed by atoms with Crippen LogP contribution in [-0.4, -0.2) is 31.9 Å². The molecule has 0 aromatic rings. The van der Waals surface area contributed by atoms with Gasteiger partial charge in [-0.2, -0.15) is 0 Å². The largest absolute Gasteiger partial charge is 0.674 e. The molecule has 2 N–H and O–H groups in total. The predicted octanol–water partition coefficient (Wildman–Crippen LogP) is -0.188. The first-order chi connectivity index (χ1) is 5.12. The molecular formula is C6H12O4Si. The first-order valence-corrected chi connectivity index (χ1v) is 4.78. The van der Waals surface area contributed by atoms with Crippen molar-refractivity contribution in [3.05, 3.63) is 25.3 Å². The summed E-state index contributed by atoms with van der Waals surface area (Å²) in [5.74, 6) is 0. The van der Waals surface area contributed by atoms with Crippen LogP contribution in [0.3, 0.4) is 0 Å². The quantitative estimate of drug-likeness (QED) is 0.435. The van der Waals surface area contributed by atoms with Gasteiger partial charge in [0.1, 0.15) is 0 Å². The second-order valence-electron chi connectivity index (χ2n) is 1.75. The zero-order valence-electron chi connectivity index (χ0n) is 6.19. The summed E-state index contributed by atoms with van der Waals surface area (Å²) in [6, 6.07) is 0. The summed E-state index contributed by atoms with van der Waals surface area (Å²) in [7, 11) is -3.89. The highest BCUT2D eigenvalue weighted by Gasteiger charge is 2.35. The molecule has 0 saturated carbocycles. The Labute approximate surface area is 66.9 Å². The van der Waals surface area contributed by atoms with Gasteiger partial charge in [-0.15, -0.1) is 13.2 Å². The fourth-order valence-electron chi connectivity index (χ4n) is 0.377. The van der Waals surface area contributed by atoms with Gasteiger partial charge in [0.2, 0.25) is 0 Å². The monoisotopic (exact) mass is 176 g/mol. The van der Waals surface area contributed by atoms with E-state index in [0.29, 0.717) is 0 Å². The maximum atomic E-state index is 8.93. The van der Waals surface area contributed by atoms with E-state index >= 15 is 0 Å². The molecule has 0 rings (SSSR count). The minimum absolute atomic E-state index is 0.0658. The molecule has 0 aromatic carbocycles. The van der Waals surface area contributed by atoms with Crippen LogP contribution in [0, 0.1) is 0 Å². The third-order valence-electron chi connectivity index (χ3n) is 0.778. The van der Waals surface area contributed by atoms with Crippen LogP contribution in [0.25, 0.3) is 0 Å². The third kappa shape index (κ3) is 5.96. The van der Waals surface area contributed by atoms with Gasteiger partial charge in [-0.1, -0.05) is 12.2 Å². The van der Waals surface area contributed by atoms with Crippen LogP contribution in [0.5, 0.6) is 0 Å². The average molecular weight is 176 g/mol. The normalized spacial score (nSPS) is 11.1. The van der Waals surface area contributed by atoms with E-state index in [0.717, 1.165) is 0 Å². The smallest absolute Gasteiger partial charge is 0.367 e. The molecule has 0 amide bonds. The van der Waals surface area contributed by atoms with Gasteiger partial charge >= 0.3 is 9.05 Å². The lowest BCUT2D eigenvalue weighted by Crippen LogP contribution is -2.42. The maximum absolute atomic E-state index is 8.93. The summed E-state index contributed by atoms with van der Waals surface area (Å²) in [5.41, 5.74) is 0. The Bertz CT molecular complexity index is 121. The Morgan fingerprint density at radius 3 is 1.73 bits per heavy atom. The van der Waals surface area contributed by atoms with E-state index in [2.05, 4.69) is 22.0 Å². The fraction of sp³-hybridized carbons (Fsp3) is 0.333. The van der Waals surface area contributed by atoms with Crippen molar-refractivity contribution in [1.82, 2.24) is 0 Å². The molecule has 0 aliphatic heterocycles. The van der Waals surface area contributed by atoms with Gasteiger partial charge in [0.05, 0.1) is 13.2 Å². The van der Waals surface area contributed by atoms with E-state index < -0.39 is 9.05 Å². The first-order valence-electron chi connectivity index (χ1n) is 3.07. The van der Waals surface area contributed by atoms with E-state index in [4.69, 9.17) is 9.59 Å². The topological polar surface area (TPSA) is 58.9 Å². The highest BCUT2D eigenvalue weighted by atomic mass is 28.4. The fourth-order valence-corrected chi connectivity index (χ4v) is 1.13. The molecule has 0 spiro atoms. The van der Waals surface area contributed by atoms with Gasteiger partial charge in [-0.05, 0) is 0 Å². The SMILES string of the molecule is C=CCO[Si](O)(O)OCC=C. The molecule has 0 aliphatic rings. The van der Waals surface area contributed by atoms with E-state index in [1.165, 1.54) is 12.2 Å². The first kappa shape index (κ1) is 10.5. The van der Waals surface area contributed by atoms with Crippen molar-refractivity contribution >= 4 is 9.05 Å². The van der Waals surface area contributed by atoms with Crippen molar-refractivity contribution in [3.63, 3.8) is 0 Å². The lowest BCUT2D eigenvalue weighted by atomic mass is 10.7. The summed E-state index contributed by atoms with van der Waals surface area (Å²) in [4.78, 5) is 17.9. The average Bonchev–Trinajstić information content (AvgIpc) is 1.97. The van der Waals surface area contributed by atoms with Crippen LogP contribution in [0.15, 0.2) is 25.3 Å².